The van der Waals surface area contributed by atoms with Crippen LogP contribution in [0.15, 0.2) is 11.2 Å². The van der Waals surface area contributed by atoms with Gasteiger partial charge in [-0.15, -0.1) is 6.42 Å². The molecule has 0 amide bonds. The summed E-state index contributed by atoms with van der Waals surface area (Å²) in [4.78, 5) is 4.15. The maximum absolute atomic E-state index is 12.4. The van der Waals surface area contributed by atoms with Crippen LogP contribution in [-0.2, 0) is 16.6 Å². The number of imidazole rings is 1. The van der Waals surface area contributed by atoms with Crippen LogP contribution in [0.1, 0.15) is 32.5 Å². The van der Waals surface area contributed by atoms with Crippen LogP contribution in [0.25, 0.3) is 0 Å². The fraction of sp³-hybridized carbons (Fsp3) is 0.615. The lowest BCUT2D eigenvalue weighted by atomic mass is 10.5. The number of nitrogens with zero attached hydrogens (tertiary/aromatic N) is 3. The van der Waals surface area contributed by atoms with Crippen molar-refractivity contribution in [1.29, 1.82) is 0 Å². The van der Waals surface area contributed by atoms with Gasteiger partial charge in [0.1, 0.15) is 5.82 Å². The van der Waals surface area contributed by atoms with Gasteiger partial charge in [-0.3, -0.25) is 0 Å². The minimum atomic E-state index is -3.59. The Hall–Kier alpha value is -1.32. The molecule has 0 unspecified atom stereocenters. The highest BCUT2D eigenvalue weighted by atomic mass is 32.2. The van der Waals surface area contributed by atoms with Crippen molar-refractivity contribution in [3.05, 3.63) is 12.0 Å². The van der Waals surface area contributed by atoms with Gasteiger partial charge in [0.2, 0.25) is 0 Å². The standard InChI is InChI=1S/C13H21N3O2S/c1-5-8-15-11-13(14-12(15)4)19(17,18)16(9-6-2)10-7-3/h2,11H,5,7-10H2,1,3-4H3. The van der Waals surface area contributed by atoms with Gasteiger partial charge in [0.15, 0.2) is 5.03 Å². The molecule has 0 saturated heterocycles. The van der Waals surface area contributed by atoms with Crippen molar-refractivity contribution >= 4 is 10.0 Å². The molecule has 106 valence electrons. The smallest absolute Gasteiger partial charge is 0.262 e. The summed E-state index contributed by atoms with van der Waals surface area (Å²) >= 11 is 0. The highest BCUT2D eigenvalue weighted by Crippen LogP contribution is 2.15. The molecule has 0 fully saturated rings. The van der Waals surface area contributed by atoms with E-state index in [4.69, 9.17) is 6.42 Å². The second-order valence-corrected chi connectivity index (χ2v) is 6.25. The van der Waals surface area contributed by atoms with E-state index in [0.717, 1.165) is 19.4 Å². The SMILES string of the molecule is C#CCN(CCC)S(=O)(=O)c1cn(CCC)c(C)n1. The Kier molecular flexibility index (Phi) is 5.58. The molecule has 1 heterocycles. The van der Waals surface area contributed by atoms with Crippen LogP contribution >= 0.6 is 0 Å². The Morgan fingerprint density at radius 1 is 1.42 bits per heavy atom. The predicted molar refractivity (Wildman–Crippen MR) is 75.1 cm³/mol. The number of aromatic nitrogens is 2. The second-order valence-electron chi connectivity index (χ2n) is 4.36. The molecule has 1 aromatic rings. The van der Waals surface area contributed by atoms with Gasteiger partial charge in [0.25, 0.3) is 10.0 Å². The fourth-order valence-corrected chi connectivity index (χ4v) is 3.28. The van der Waals surface area contributed by atoms with Crippen molar-refractivity contribution in [3.8, 4) is 12.3 Å². The van der Waals surface area contributed by atoms with Crippen LogP contribution in [0.3, 0.4) is 0 Å². The highest BCUT2D eigenvalue weighted by Gasteiger charge is 2.26. The molecule has 0 aliphatic heterocycles. The summed E-state index contributed by atoms with van der Waals surface area (Å²) in [7, 11) is -3.59. The van der Waals surface area contributed by atoms with Crippen molar-refractivity contribution in [2.24, 2.45) is 0 Å². The van der Waals surface area contributed by atoms with Gasteiger partial charge in [-0.25, -0.2) is 13.4 Å². The molecule has 19 heavy (non-hydrogen) atoms. The average Bonchev–Trinajstić information content (AvgIpc) is 2.72. The third-order valence-electron chi connectivity index (χ3n) is 2.76. The van der Waals surface area contributed by atoms with Crippen LogP contribution in [0.4, 0.5) is 0 Å². The van der Waals surface area contributed by atoms with E-state index in [1.54, 1.807) is 13.1 Å². The molecular weight excluding hydrogens is 262 g/mol. The molecule has 1 aromatic heterocycles. The summed E-state index contributed by atoms with van der Waals surface area (Å²) in [6.07, 6.45) is 8.47. The zero-order chi connectivity index (χ0) is 14.5. The summed E-state index contributed by atoms with van der Waals surface area (Å²) < 4.78 is 28.0. The summed E-state index contributed by atoms with van der Waals surface area (Å²) in [5.41, 5.74) is 0. The van der Waals surface area contributed by atoms with E-state index in [0.29, 0.717) is 12.4 Å². The first-order valence-corrected chi connectivity index (χ1v) is 7.88. The van der Waals surface area contributed by atoms with Crippen molar-refractivity contribution in [3.63, 3.8) is 0 Å². The molecule has 1 rings (SSSR count). The van der Waals surface area contributed by atoms with E-state index in [2.05, 4.69) is 10.9 Å². The summed E-state index contributed by atoms with van der Waals surface area (Å²) in [5.74, 6) is 3.09. The molecular formula is C13H21N3O2S. The van der Waals surface area contributed by atoms with E-state index < -0.39 is 10.0 Å². The second kappa shape index (κ2) is 6.73. The topological polar surface area (TPSA) is 55.2 Å². The lowest BCUT2D eigenvalue weighted by molar-refractivity contribution is 0.443. The van der Waals surface area contributed by atoms with Crippen LogP contribution in [0, 0.1) is 19.3 Å². The van der Waals surface area contributed by atoms with Gasteiger partial charge >= 0.3 is 0 Å². The molecule has 0 aliphatic rings. The van der Waals surface area contributed by atoms with E-state index >= 15 is 0 Å². The van der Waals surface area contributed by atoms with Gasteiger partial charge in [-0.2, -0.15) is 4.31 Å². The number of aryl methyl sites for hydroxylation is 2. The first-order valence-electron chi connectivity index (χ1n) is 6.44. The maximum atomic E-state index is 12.4. The van der Waals surface area contributed by atoms with Crippen LogP contribution < -0.4 is 0 Å². The highest BCUT2D eigenvalue weighted by molar-refractivity contribution is 7.89. The average molecular weight is 283 g/mol. The quantitative estimate of drug-likeness (QED) is 0.715. The molecule has 0 radical (unpaired) electrons. The van der Waals surface area contributed by atoms with Crippen LogP contribution in [0.5, 0.6) is 0 Å². The minimum Gasteiger partial charge on any atom is -0.334 e. The molecule has 0 atom stereocenters. The molecule has 0 aliphatic carbocycles. The lowest BCUT2D eigenvalue weighted by Gasteiger charge is -2.17. The van der Waals surface area contributed by atoms with Crippen LogP contribution in [-0.4, -0.2) is 35.4 Å². The van der Waals surface area contributed by atoms with Gasteiger partial charge in [0.05, 0.1) is 6.54 Å². The van der Waals surface area contributed by atoms with Crippen molar-refractivity contribution in [2.45, 2.75) is 45.2 Å². The van der Waals surface area contributed by atoms with Gasteiger partial charge in [-0.05, 0) is 19.8 Å². The van der Waals surface area contributed by atoms with E-state index in [9.17, 15) is 8.42 Å². The maximum Gasteiger partial charge on any atom is 0.262 e. The Morgan fingerprint density at radius 3 is 2.63 bits per heavy atom. The normalized spacial score (nSPS) is 11.7. The van der Waals surface area contributed by atoms with E-state index in [1.165, 1.54) is 4.31 Å². The van der Waals surface area contributed by atoms with E-state index in [1.807, 2.05) is 18.4 Å². The zero-order valence-electron chi connectivity index (χ0n) is 11.8. The predicted octanol–water partition coefficient (Wildman–Crippen LogP) is 1.64. The fourth-order valence-electron chi connectivity index (χ4n) is 1.84. The Labute approximate surface area is 115 Å². The number of sulfonamides is 1. The van der Waals surface area contributed by atoms with Crippen molar-refractivity contribution in [2.75, 3.05) is 13.1 Å². The van der Waals surface area contributed by atoms with Gasteiger partial charge in [0, 0.05) is 19.3 Å². The Morgan fingerprint density at radius 2 is 2.11 bits per heavy atom. The number of hydrogen-bond donors (Lipinski definition) is 0. The number of hydrogen-bond acceptors (Lipinski definition) is 3. The molecule has 0 N–H and O–H groups in total. The zero-order valence-corrected chi connectivity index (χ0v) is 12.6. The molecule has 0 aromatic carbocycles. The molecule has 0 saturated carbocycles. The first kappa shape index (κ1) is 15.7. The first-order chi connectivity index (χ1) is 8.97. The number of rotatable bonds is 7. The van der Waals surface area contributed by atoms with Crippen molar-refractivity contribution < 1.29 is 8.42 Å². The van der Waals surface area contributed by atoms with Gasteiger partial charge < -0.3 is 4.57 Å². The third kappa shape index (κ3) is 3.58. The van der Waals surface area contributed by atoms with Crippen LogP contribution in [0.2, 0.25) is 0 Å². The Bertz CT molecular complexity index is 555. The summed E-state index contributed by atoms with van der Waals surface area (Å²) in [6, 6.07) is 0. The molecule has 5 nitrogen and oxygen atoms in total. The largest absolute Gasteiger partial charge is 0.334 e. The summed E-state index contributed by atoms with van der Waals surface area (Å²) in [5, 5.41) is 0.0853. The van der Waals surface area contributed by atoms with E-state index in [-0.39, 0.29) is 11.6 Å². The monoisotopic (exact) mass is 283 g/mol. The Balaban J connectivity index is 3.11. The number of terminal acetylenes is 1. The minimum absolute atomic E-state index is 0.0792. The lowest BCUT2D eigenvalue weighted by Crippen LogP contribution is -2.32. The van der Waals surface area contributed by atoms with Crippen molar-refractivity contribution in [1.82, 2.24) is 13.9 Å². The molecule has 0 spiro atoms. The van der Waals surface area contributed by atoms with Gasteiger partial charge in [-0.1, -0.05) is 19.8 Å². The third-order valence-corrected chi connectivity index (χ3v) is 4.48. The molecule has 0 bridgehead atoms. The molecule has 6 heteroatoms. The summed E-state index contributed by atoms with van der Waals surface area (Å²) in [6.45, 7) is 7.01.